The summed E-state index contributed by atoms with van der Waals surface area (Å²) in [7, 11) is 4.26. The fraction of sp³-hybridized carbons (Fsp3) is 0.318. The van der Waals surface area contributed by atoms with Gasteiger partial charge in [0.25, 0.3) is 0 Å². The summed E-state index contributed by atoms with van der Waals surface area (Å²) in [6.07, 6.45) is 2.04. The van der Waals surface area contributed by atoms with E-state index >= 15 is 0 Å². The van der Waals surface area contributed by atoms with Gasteiger partial charge in [-0.3, -0.25) is 4.79 Å². The Hall–Kier alpha value is -2.59. The summed E-state index contributed by atoms with van der Waals surface area (Å²) >= 11 is 0. The van der Waals surface area contributed by atoms with Gasteiger partial charge in [-0.05, 0) is 30.5 Å². The van der Waals surface area contributed by atoms with Gasteiger partial charge in [0.05, 0.1) is 26.8 Å². The van der Waals surface area contributed by atoms with Gasteiger partial charge in [0, 0.05) is 23.1 Å². The number of amides is 1. The maximum absolute atomic E-state index is 12.5. The molecule has 0 aliphatic rings. The van der Waals surface area contributed by atoms with E-state index in [9.17, 15) is 4.79 Å². The normalized spacial score (nSPS) is 11.3. The van der Waals surface area contributed by atoms with Crippen molar-refractivity contribution in [3.8, 4) is 0 Å². The minimum atomic E-state index is 0.0120. The Balaban J connectivity index is 1.68. The van der Waals surface area contributed by atoms with Gasteiger partial charge in [0.15, 0.2) is 0 Å². The smallest absolute Gasteiger partial charge is 0.224 e. The SMILES string of the molecule is Cc1ccc2c(CC(=O)NCc3ccccc3C[NH+](C)C)coc2c1C. The number of hydrogen-bond donors (Lipinski definition) is 2. The maximum Gasteiger partial charge on any atom is 0.224 e. The van der Waals surface area contributed by atoms with E-state index in [1.807, 2.05) is 18.2 Å². The zero-order valence-corrected chi connectivity index (χ0v) is 16.0. The van der Waals surface area contributed by atoms with Crippen molar-refractivity contribution in [1.82, 2.24) is 5.32 Å². The number of nitrogens with one attached hydrogen (secondary N) is 2. The number of carbonyl (C=O) groups excluding carboxylic acids is 1. The fourth-order valence-corrected chi connectivity index (χ4v) is 3.24. The largest absolute Gasteiger partial charge is 0.464 e. The minimum Gasteiger partial charge on any atom is -0.464 e. The van der Waals surface area contributed by atoms with Crippen molar-refractivity contribution in [2.24, 2.45) is 0 Å². The Bertz CT molecular complexity index is 925. The van der Waals surface area contributed by atoms with E-state index in [2.05, 4.69) is 51.5 Å². The molecule has 136 valence electrons. The lowest BCUT2D eigenvalue weighted by atomic mass is 10.0. The van der Waals surface area contributed by atoms with Crippen LogP contribution >= 0.6 is 0 Å². The topological polar surface area (TPSA) is 46.7 Å². The van der Waals surface area contributed by atoms with Crippen molar-refractivity contribution < 1.29 is 14.1 Å². The number of aryl methyl sites for hydroxylation is 2. The average molecular weight is 351 g/mol. The van der Waals surface area contributed by atoms with Crippen molar-refractivity contribution in [3.05, 3.63) is 70.5 Å². The molecule has 0 aliphatic carbocycles. The van der Waals surface area contributed by atoms with Crippen molar-refractivity contribution >= 4 is 16.9 Å². The average Bonchev–Trinajstić information content (AvgIpc) is 3.00. The number of fused-ring (bicyclic) bond motifs is 1. The highest BCUT2D eigenvalue weighted by molar-refractivity contribution is 5.89. The van der Waals surface area contributed by atoms with Crippen LogP contribution in [-0.4, -0.2) is 20.0 Å². The first kappa shape index (κ1) is 18.2. The first-order valence-corrected chi connectivity index (χ1v) is 9.04. The lowest BCUT2D eigenvalue weighted by molar-refractivity contribution is -0.872. The second kappa shape index (κ2) is 7.75. The van der Waals surface area contributed by atoms with Crippen molar-refractivity contribution in [3.63, 3.8) is 0 Å². The maximum atomic E-state index is 12.5. The van der Waals surface area contributed by atoms with Gasteiger partial charge in [0.2, 0.25) is 5.91 Å². The predicted octanol–water partition coefficient (Wildman–Crippen LogP) is 2.55. The van der Waals surface area contributed by atoms with Crippen LogP contribution in [0.1, 0.15) is 27.8 Å². The molecular formula is C22H27N2O2+. The van der Waals surface area contributed by atoms with E-state index in [-0.39, 0.29) is 5.91 Å². The highest BCUT2D eigenvalue weighted by Crippen LogP contribution is 2.26. The highest BCUT2D eigenvalue weighted by Gasteiger charge is 2.13. The monoisotopic (exact) mass is 351 g/mol. The molecule has 3 aromatic rings. The summed E-state index contributed by atoms with van der Waals surface area (Å²) in [4.78, 5) is 13.8. The molecule has 2 aromatic carbocycles. The van der Waals surface area contributed by atoms with Gasteiger partial charge in [-0.2, -0.15) is 0 Å². The van der Waals surface area contributed by atoms with E-state index < -0.39 is 0 Å². The van der Waals surface area contributed by atoms with Gasteiger partial charge in [-0.1, -0.05) is 36.4 Å². The molecular weight excluding hydrogens is 324 g/mol. The number of benzene rings is 2. The van der Waals surface area contributed by atoms with Crippen molar-refractivity contribution in [2.75, 3.05) is 14.1 Å². The molecule has 0 saturated heterocycles. The van der Waals surface area contributed by atoms with Crippen LogP contribution in [0.25, 0.3) is 11.0 Å². The molecule has 0 aliphatic heterocycles. The van der Waals surface area contributed by atoms with Crippen molar-refractivity contribution in [1.29, 1.82) is 0 Å². The summed E-state index contributed by atoms with van der Waals surface area (Å²) < 4.78 is 5.70. The predicted molar refractivity (Wildman–Crippen MR) is 104 cm³/mol. The Morgan fingerprint density at radius 2 is 1.77 bits per heavy atom. The van der Waals surface area contributed by atoms with E-state index in [0.717, 1.165) is 28.6 Å². The highest BCUT2D eigenvalue weighted by atomic mass is 16.3. The number of hydrogen-bond acceptors (Lipinski definition) is 2. The molecule has 0 saturated carbocycles. The third-order valence-electron chi connectivity index (χ3n) is 4.83. The standard InChI is InChI=1S/C22H26N2O2/c1-15-9-10-20-19(14-26-22(20)16(15)2)11-21(25)23-12-17-7-5-6-8-18(17)13-24(3)4/h5-10,14H,11-13H2,1-4H3,(H,23,25)/p+1. The first-order valence-electron chi connectivity index (χ1n) is 9.04. The molecule has 0 unspecified atom stereocenters. The molecule has 0 atom stereocenters. The molecule has 4 heteroatoms. The third-order valence-corrected chi connectivity index (χ3v) is 4.83. The van der Waals surface area contributed by atoms with Gasteiger partial charge >= 0.3 is 0 Å². The molecule has 0 radical (unpaired) electrons. The Morgan fingerprint density at radius 1 is 1.04 bits per heavy atom. The van der Waals surface area contributed by atoms with Crippen LogP contribution in [0.15, 0.2) is 47.1 Å². The molecule has 1 amide bonds. The van der Waals surface area contributed by atoms with E-state index in [0.29, 0.717) is 13.0 Å². The summed E-state index contributed by atoms with van der Waals surface area (Å²) in [6, 6.07) is 12.4. The number of carbonyl (C=O) groups is 1. The quantitative estimate of drug-likeness (QED) is 0.717. The van der Waals surface area contributed by atoms with Crippen LogP contribution in [0.5, 0.6) is 0 Å². The summed E-state index contributed by atoms with van der Waals surface area (Å²) in [5.74, 6) is 0.0120. The van der Waals surface area contributed by atoms with E-state index in [4.69, 9.17) is 4.42 Å². The molecule has 3 rings (SSSR count). The molecule has 26 heavy (non-hydrogen) atoms. The van der Waals surface area contributed by atoms with Crippen LogP contribution in [0.3, 0.4) is 0 Å². The first-order chi connectivity index (χ1) is 12.5. The van der Waals surface area contributed by atoms with Crippen molar-refractivity contribution in [2.45, 2.75) is 33.4 Å². The number of quaternary nitrogens is 1. The zero-order valence-electron chi connectivity index (χ0n) is 16.0. The molecule has 2 N–H and O–H groups in total. The van der Waals surface area contributed by atoms with Crippen LogP contribution in [-0.2, 0) is 24.3 Å². The molecule has 0 fully saturated rings. The second-order valence-electron chi connectivity index (χ2n) is 7.25. The second-order valence-corrected chi connectivity index (χ2v) is 7.25. The van der Waals surface area contributed by atoms with Crippen LogP contribution < -0.4 is 10.2 Å². The molecule has 0 bridgehead atoms. The fourth-order valence-electron chi connectivity index (χ4n) is 3.24. The van der Waals surface area contributed by atoms with E-state index in [1.165, 1.54) is 21.6 Å². The molecule has 4 nitrogen and oxygen atoms in total. The third kappa shape index (κ3) is 3.97. The van der Waals surface area contributed by atoms with Gasteiger partial charge in [-0.25, -0.2) is 0 Å². The molecule has 0 spiro atoms. The molecule has 1 heterocycles. The summed E-state index contributed by atoms with van der Waals surface area (Å²) in [5.41, 5.74) is 6.59. The number of furan rings is 1. The number of rotatable bonds is 6. The van der Waals surface area contributed by atoms with Gasteiger partial charge < -0.3 is 14.6 Å². The van der Waals surface area contributed by atoms with Gasteiger partial charge in [-0.15, -0.1) is 0 Å². The Morgan fingerprint density at radius 3 is 2.50 bits per heavy atom. The summed E-state index contributed by atoms with van der Waals surface area (Å²) in [6.45, 7) is 5.61. The Labute approximate surface area is 154 Å². The Kier molecular flexibility index (Phi) is 5.43. The van der Waals surface area contributed by atoms with Crippen LogP contribution in [0, 0.1) is 13.8 Å². The van der Waals surface area contributed by atoms with Crippen LogP contribution in [0.4, 0.5) is 0 Å². The summed E-state index contributed by atoms with van der Waals surface area (Å²) in [5, 5.41) is 4.08. The van der Waals surface area contributed by atoms with Crippen LogP contribution in [0.2, 0.25) is 0 Å². The lowest BCUT2D eigenvalue weighted by Crippen LogP contribution is -3.04. The minimum absolute atomic E-state index is 0.0120. The van der Waals surface area contributed by atoms with E-state index in [1.54, 1.807) is 6.26 Å². The molecule has 1 aromatic heterocycles. The lowest BCUT2D eigenvalue weighted by Gasteiger charge is -2.12. The van der Waals surface area contributed by atoms with Gasteiger partial charge in [0.1, 0.15) is 12.1 Å². The zero-order chi connectivity index (χ0) is 18.7.